The summed E-state index contributed by atoms with van der Waals surface area (Å²) in [5.41, 5.74) is 1.70. The molecule has 0 bridgehead atoms. The fraction of sp³-hybridized carbons (Fsp3) is 0.391. The van der Waals surface area contributed by atoms with E-state index in [1.807, 2.05) is 12.1 Å². The van der Waals surface area contributed by atoms with Crippen molar-refractivity contribution in [1.29, 1.82) is 0 Å². The van der Waals surface area contributed by atoms with Gasteiger partial charge in [0.2, 0.25) is 0 Å². The lowest BCUT2D eigenvalue weighted by atomic mass is 10.1. The average Bonchev–Trinajstić information content (AvgIpc) is 2.63. The van der Waals surface area contributed by atoms with Gasteiger partial charge < -0.3 is 15.2 Å². The lowest BCUT2D eigenvalue weighted by molar-refractivity contribution is 0.0635. The van der Waals surface area contributed by atoms with Crippen LogP contribution in [0.2, 0.25) is 0 Å². The zero-order chi connectivity index (χ0) is 21.4. The molecule has 2 rings (SSSR count). The number of amides is 2. The zero-order valence-electron chi connectivity index (χ0n) is 17.5. The van der Waals surface area contributed by atoms with Gasteiger partial charge in [-0.25, -0.2) is 4.79 Å². The number of ether oxygens (including phenoxy) is 1. The van der Waals surface area contributed by atoms with Crippen molar-refractivity contribution in [3.63, 3.8) is 0 Å². The maximum atomic E-state index is 12.5. The van der Waals surface area contributed by atoms with E-state index in [0.29, 0.717) is 11.3 Å². The lowest BCUT2D eigenvalue weighted by Gasteiger charge is -2.20. The van der Waals surface area contributed by atoms with Crippen molar-refractivity contribution in [2.75, 3.05) is 10.6 Å². The van der Waals surface area contributed by atoms with Crippen molar-refractivity contribution in [3.05, 3.63) is 53.6 Å². The largest absolute Gasteiger partial charge is 0.506 e. The third-order valence-corrected chi connectivity index (χ3v) is 4.18. The monoisotopic (exact) mass is 398 g/mol. The van der Waals surface area contributed by atoms with E-state index in [-0.39, 0.29) is 17.3 Å². The third-order valence-electron chi connectivity index (χ3n) is 4.18. The molecule has 0 saturated heterocycles. The summed E-state index contributed by atoms with van der Waals surface area (Å²) in [6, 6.07) is 12.0. The van der Waals surface area contributed by atoms with Crippen LogP contribution >= 0.6 is 0 Å². The maximum absolute atomic E-state index is 12.5. The second-order valence-electron chi connectivity index (χ2n) is 7.97. The van der Waals surface area contributed by atoms with Crippen LogP contribution in [0.15, 0.2) is 42.5 Å². The Bertz CT molecular complexity index is 839. The minimum absolute atomic E-state index is 0.120. The Labute approximate surface area is 172 Å². The molecule has 0 unspecified atom stereocenters. The number of carbonyl (C=O) groups excluding carboxylic acids is 2. The number of phenolic OH excluding ortho intramolecular Hbond substituents is 1. The van der Waals surface area contributed by atoms with Crippen molar-refractivity contribution in [2.45, 2.75) is 59.0 Å². The number of anilines is 2. The second kappa shape index (κ2) is 9.96. The normalized spacial score (nSPS) is 11.0. The van der Waals surface area contributed by atoms with Gasteiger partial charge in [0, 0.05) is 11.3 Å². The van der Waals surface area contributed by atoms with Crippen LogP contribution in [0.5, 0.6) is 5.75 Å². The molecule has 0 aliphatic carbocycles. The summed E-state index contributed by atoms with van der Waals surface area (Å²) in [5.74, 6) is -0.385. The van der Waals surface area contributed by atoms with Gasteiger partial charge in [0.25, 0.3) is 5.91 Å². The Hall–Kier alpha value is -3.02. The molecule has 0 saturated carbocycles. The van der Waals surface area contributed by atoms with Crippen molar-refractivity contribution in [1.82, 2.24) is 0 Å². The summed E-state index contributed by atoms with van der Waals surface area (Å²) in [6.45, 7) is 7.42. The first kappa shape index (κ1) is 22.3. The highest BCUT2D eigenvalue weighted by Gasteiger charge is 2.17. The smallest absolute Gasteiger partial charge is 0.412 e. The van der Waals surface area contributed by atoms with E-state index in [2.05, 4.69) is 17.6 Å². The summed E-state index contributed by atoms with van der Waals surface area (Å²) in [5, 5.41) is 15.2. The molecule has 0 spiro atoms. The molecule has 3 N–H and O–H groups in total. The molecule has 0 atom stereocenters. The van der Waals surface area contributed by atoms with E-state index < -0.39 is 11.7 Å². The maximum Gasteiger partial charge on any atom is 0.412 e. The first-order valence-electron chi connectivity index (χ1n) is 9.91. The van der Waals surface area contributed by atoms with Crippen molar-refractivity contribution >= 4 is 23.4 Å². The Kier molecular flexibility index (Phi) is 7.65. The first-order chi connectivity index (χ1) is 13.7. The molecule has 0 aliphatic rings. The van der Waals surface area contributed by atoms with Gasteiger partial charge in [-0.15, -0.1) is 0 Å². The highest BCUT2D eigenvalue weighted by molar-refractivity contribution is 6.04. The van der Waals surface area contributed by atoms with Crippen LogP contribution in [0.3, 0.4) is 0 Å². The number of rotatable bonds is 7. The van der Waals surface area contributed by atoms with Crippen LogP contribution in [-0.4, -0.2) is 22.7 Å². The summed E-state index contributed by atoms with van der Waals surface area (Å²) < 4.78 is 5.18. The summed E-state index contributed by atoms with van der Waals surface area (Å²) >= 11 is 0. The van der Waals surface area contributed by atoms with Gasteiger partial charge in [-0.1, -0.05) is 31.9 Å². The van der Waals surface area contributed by atoms with Gasteiger partial charge in [-0.05, 0) is 69.5 Å². The molecule has 0 aliphatic heterocycles. The minimum Gasteiger partial charge on any atom is -0.506 e. The number of unbranched alkanes of at least 4 members (excludes halogenated alkanes) is 2. The summed E-state index contributed by atoms with van der Waals surface area (Å²) in [6.07, 6.45) is 3.84. The molecule has 6 heteroatoms. The first-order valence-corrected chi connectivity index (χ1v) is 9.91. The number of benzene rings is 2. The Morgan fingerprint density at radius 3 is 2.31 bits per heavy atom. The van der Waals surface area contributed by atoms with Gasteiger partial charge in [0.1, 0.15) is 11.4 Å². The van der Waals surface area contributed by atoms with E-state index in [1.165, 1.54) is 30.5 Å². The topological polar surface area (TPSA) is 87.7 Å². The molecule has 0 aromatic heterocycles. The van der Waals surface area contributed by atoms with Crippen LogP contribution in [0.4, 0.5) is 16.2 Å². The fourth-order valence-electron chi connectivity index (χ4n) is 2.73. The number of nitrogens with one attached hydrogen (secondary N) is 2. The third kappa shape index (κ3) is 7.49. The highest BCUT2D eigenvalue weighted by atomic mass is 16.6. The Morgan fingerprint density at radius 2 is 1.69 bits per heavy atom. The quantitative estimate of drug-likeness (QED) is 0.316. The summed E-state index contributed by atoms with van der Waals surface area (Å²) in [7, 11) is 0. The van der Waals surface area contributed by atoms with Crippen molar-refractivity contribution < 1.29 is 19.4 Å². The Balaban J connectivity index is 2.02. The van der Waals surface area contributed by atoms with Crippen LogP contribution in [0.25, 0.3) is 0 Å². The number of aryl methyl sites for hydroxylation is 1. The molecule has 29 heavy (non-hydrogen) atoms. The molecule has 2 aromatic rings. The fourth-order valence-corrected chi connectivity index (χ4v) is 2.73. The van der Waals surface area contributed by atoms with Crippen LogP contribution < -0.4 is 10.6 Å². The van der Waals surface area contributed by atoms with Crippen LogP contribution in [0, 0.1) is 0 Å². The molecule has 0 heterocycles. The standard InChI is InChI=1S/C23H30N2O4/c1-5-6-7-8-16-9-11-17(12-10-16)21(27)24-18-13-14-20(26)19(15-18)25-22(28)29-23(2,3)4/h9-15,26H,5-8H2,1-4H3,(H,24,27)(H,25,28). The van der Waals surface area contributed by atoms with E-state index in [9.17, 15) is 14.7 Å². The molecule has 156 valence electrons. The van der Waals surface area contributed by atoms with Crippen molar-refractivity contribution in [2.24, 2.45) is 0 Å². The summed E-state index contributed by atoms with van der Waals surface area (Å²) in [4.78, 5) is 24.4. The van der Waals surface area contributed by atoms with Gasteiger partial charge >= 0.3 is 6.09 Å². The predicted molar refractivity (Wildman–Crippen MR) is 116 cm³/mol. The second-order valence-corrected chi connectivity index (χ2v) is 7.97. The number of aromatic hydroxyl groups is 1. The average molecular weight is 399 g/mol. The number of carbonyl (C=O) groups is 2. The van der Waals surface area contributed by atoms with E-state index in [1.54, 1.807) is 39.0 Å². The van der Waals surface area contributed by atoms with Crippen molar-refractivity contribution in [3.8, 4) is 5.75 Å². The lowest BCUT2D eigenvalue weighted by Crippen LogP contribution is -2.27. The predicted octanol–water partition coefficient (Wildman–Crippen LogP) is 5.72. The molecule has 2 amide bonds. The molecular formula is C23H30N2O4. The van der Waals surface area contributed by atoms with E-state index >= 15 is 0 Å². The molecular weight excluding hydrogens is 368 g/mol. The zero-order valence-corrected chi connectivity index (χ0v) is 17.5. The van der Waals surface area contributed by atoms with Gasteiger partial charge in [0.05, 0.1) is 5.69 Å². The van der Waals surface area contributed by atoms with E-state index in [0.717, 1.165) is 12.8 Å². The number of phenols is 1. The minimum atomic E-state index is -0.685. The number of hydrogen-bond donors (Lipinski definition) is 3. The van der Waals surface area contributed by atoms with Gasteiger partial charge in [0.15, 0.2) is 0 Å². The van der Waals surface area contributed by atoms with Gasteiger partial charge in [-0.2, -0.15) is 0 Å². The highest BCUT2D eigenvalue weighted by Crippen LogP contribution is 2.27. The SMILES string of the molecule is CCCCCc1ccc(C(=O)Nc2ccc(O)c(NC(=O)OC(C)(C)C)c2)cc1. The van der Waals surface area contributed by atoms with Crippen LogP contribution in [-0.2, 0) is 11.2 Å². The molecule has 0 radical (unpaired) electrons. The molecule has 2 aromatic carbocycles. The van der Waals surface area contributed by atoms with Crippen LogP contribution in [0.1, 0.15) is 62.9 Å². The Morgan fingerprint density at radius 1 is 1.00 bits per heavy atom. The molecule has 6 nitrogen and oxygen atoms in total. The molecule has 0 fully saturated rings. The van der Waals surface area contributed by atoms with Gasteiger partial charge in [-0.3, -0.25) is 10.1 Å². The number of hydrogen-bond acceptors (Lipinski definition) is 4. The van der Waals surface area contributed by atoms with E-state index in [4.69, 9.17) is 4.74 Å².